The molecule has 3 aromatic rings. The number of anilines is 1. The van der Waals surface area contributed by atoms with Gasteiger partial charge in [-0.15, -0.1) is 0 Å². The van der Waals surface area contributed by atoms with E-state index in [0.29, 0.717) is 0 Å². The Bertz CT molecular complexity index is 803. The molecule has 0 aliphatic carbocycles. The molecule has 3 nitrogen and oxygen atoms in total. The quantitative estimate of drug-likeness (QED) is 0.673. The van der Waals surface area contributed by atoms with Gasteiger partial charge in [-0.05, 0) is 25.1 Å². The van der Waals surface area contributed by atoms with Crippen LogP contribution in [0.4, 0.5) is 5.69 Å². The molecule has 0 atom stereocenters. The Labute approximate surface area is 124 Å². The van der Waals surface area contributed by atoms with Crippen molar-refractivity contribution >= 4 is 5.69 Å². The Kier molecular flexibility index (Phi) is 2.61. The molecule has 0 saturated heterocycles. The molecule has 0 amide bonds. The molecule has 1 aromatic heterocycles. The standard InChI is InChI=1S/C18H17N3/c1-13-16-12-20(2)17-11-7-6-10-15(17)18(16)21(19-13)14-8-4-3-5-9-14/h3-11H,12H2,1-2H3. The third-order valence-corrected chi connectivity index (χ3v) is 4.15. The van der Waals surface area contributed by atoms with E-state index in [2.05, 4.69) is 72.1 Å². The lowest BCUT2D eigenvalue weighted by molar-refractivity contribution is 0.866. The number of para-hydroxylation sites is 2. The van der Waals surface area contributed by atoms with Gasteiger partial charge in [0.2, 0.25) is 0 Å². The Hall–Kier alpha value is -2.55. The van der Waals surface area contributed by atoms with Crippen molar-refractivity contribution in [1.82, 2.24) is 9.78 Å². The van der Waals surface area contributed by atoms with Crippen molar-refractivity contribution in [3.05, 3.63) is 65.9 Å². The van der Waals surface area contributed by atoms with Crippen LogP contribution in [0.3, 0.4) is 0 Å². The van der Waals surface area contributed by atoms with Crippen molar-refractivity contribution in [2.45, 2.75) is 13.5 Å². The number of rotatable bonds is 1. The summed E-state index contributed by atoms with van der Waals surface area (Å²) in [6, 6.07) is 18.9. The van der Waals surface area contributed by atoms with E-state index in [1.807, 2.05) is 6.07 Å². The zero-order chi connectivity index (χ0) is 14.4. The highest BCUT2D eigenvalue weighted by atomic mass is 15.3. The van der Waals surface area contributed by atoms with Crippen LogP contribution in [0.1, 0.15) is 11.3 Å². The van der Waals surface area contributed by atoms with Gasteiger partial charge in [0.05, 0.1) is 17.1 Å². The van der Waals surface area contributed by atoms with Crippen molar-refractivity contribution in [1.29, 1.82) is 0 Å². The van der Waals surface area contributed by atoms with E-state index in [1.165, 1.54) is 22.5 Å². The average Bonchev–Trinajstić information content (AvgIpc) is 2.86. The normalized spacial score (nSPS) is 13.0. The molecule has 1 aliphatic rings. The Morgan fingerprint density at radius 2 is 1.67 bits per heavy atom. The molecule has 104 valence electrons. The second-order valence-corrected chi connectivity index (χ2v) is 5.53. The SMILES string of the molecule is Cc1nn(-c2ccccc2)c2c1CN(C)c1ccccc1-2. The average molecular weight is 275 g/mol. The van der Waals surface area contributed by atoms with E-state index in [1.54, 1.807) is 0 Å². The van der Waals surface area contributed by atoms with E-state index in [4.69, 9.17) is 5.10 Å². The smallest absolute Gasteiger partial charge is 0.0814 e. The van der Waals surface area contributed by atoms with Crippen LogP contribution in [-0.4, -0.2) is 16.8 Å². The first kappa shape index (κ1) is 12.2. The molecule has 3 heteroatoms. The van der Waals surface area contributed by atoms with Crippen LogP contribution in [0.5, 0.6) is 0 Å². The van der Waals surface area contributed by atoms with Gasteiger partial charge in [-0.2, -0.15) is 5.10 Å². The highest BCUT2D eigenvalue weighted by molar-refractivity contribution is 5.82. The van der Waals surface area contributed by atoms with Crippen LogP contribution in [-0.2, 0) is 6.54 Å². The first-order valence-electron chi connectivity index (χ1n) is 7.20. The minimum atomic E-state index is 0.908. The molecule has 0 spiro atoms. The molecule has 21 heavy (non-hydrogen) atoms. The Morgan fingerprint density at radius 3 is 2.48 bits per heavy atom. The minimum absolute atomic E-state index is 0.908. The van der Waals surface area contributed by atoms with Crippen LogP contribution >= 0.6 is 0 Å². The molecule has 4 rings (SSSR count). The summed E-state index contributed by atoms with van der Waals surface area (Å²) in [5.74, 6) is 0. The fourth-order valence-electron chi connectivity index (χ4n) is 3.11. The lowest BCUT2D eigenvalue weighted by Gasteiger charge is -2.28. The second kappa shape index (κ2) is 4.48. The van der Waals surface area contributed by atoms with Crippen LogP contribution in [0, 0.1) is 6.92 Å². The van der Waals surface area contributed by atoms with Gasteiger partial charge in [0.15, 0.2) is 0 Å². The van der Waals surface area contributed by atoms with E-state index in [-0.39, 0.29) is 0 Å². The predicted octanol–water partition coefficient (Wildman–Crippen LogP) is 3.80. The highest BCUT2D eigenvalue weighted by Crippen LogP contribution is 2.40. The van der Waals surface area contributed by atoms with Crippen molar-refractivity contribution < 1.29 is 0 Å². The monoisotopic (exact) mass is 275 g/mol. The van der Waals surface area contributed by atoms with Gasteiger partial charge in [-0.1, -0.05) is 36.4 Å². The molecule has 0 unspecified atom stereocenters. The van der Waals surface area contributed by atoms with E-state index in [0.717, 1.165) is 17.9 Å². The Morgan fingerprint density at radius 1 is 0.952 bits per heavy atom. The van der Waals surface area contributed by atoms with Crippen molar-refractivity contribution in [3.8, 4) is 16.9 Å². The van der Waals surface area contributed by atoms with Crippen molar-refractivity contribution in [2.75, 3.05) is 11.9 Å². The first-order chi connectivity index (χ1) is 10.3. The summed E-state index contributed by atoms with van der Waals surface area (Å²) in [5.41, 5.74) is 7.29. The third-order valence-electron chi connectivity index (χ3n) is 4.15. The van der Waals surface area contributed by atoms with Gasteiger partial charge in [-0.3, -0.25) is 0 Å². The molecule has 2 heterocycles. The zero-order valence-electron chi connectivity index (χ0n) is 12.2. The van der Waals surface area contributed by atoms with E-state index < -0.39 is 0 Å². The fraction of sp³-hybridized carbons (Fsp3) is 0.167. The number of aryl methyl sites for hydroxylation is 1. The number of aromatic nitrogens is 2. The largest absolute Gasteiger partial charge is 0.370 e. The molecular weight excluding hydrogens is 258 g/mol. The molecule has 0 bridgehead atoms. The van der Waals surface area contributed by atoms with Gasteiger partial charge in [0.1, 0.15) is 0 Å². The maximum atomic E-state index is 4.79. The van der Waals surface area contributed by atoms with Crippen LogP contribution < -0.4 is 4.90 Å². The molecule has 0 saturated carbocycles. The molecule has 2 aromatic carbocycles. The molecular formula is C18H17N3. The molecule has 0 radical (unpaired) electrons. The zero-order valence-corrected chi connectivity index (χ0v) is 12.2. The molecule has 1 aliphatic heterocycles. The predicted molar refractivity (Wildman–Crippen MR) is 85.8 cm³/mol. The topological polar surface area (TPSA) is 21.1 Å². The maximum Gasteiger partial charge on any atom is 0.0814 e. The van der Waals surface area contributed by atoms with Crippen molar-refractivity contribution in [3.63, 3.8) is 0 Å². The highest BCUT2D eigenvalue weighted by Gasteiger charge is 2.26. The number of hydrogen-bond donors (Lipinski definition) is 0. The lowest BCUT2D eigenvalue weighted by atomic mass is 9.98. The van der Waals surface area contributed by atoms with Gasteiger partial charge in [-0.25, -0.2) is 4.68 Å². The summed E-state index contributed by atoms with van der Waals surface area (Å²) in [6.45, 7) is 3.01. The lowest BCUT2D eigenvalue weighted by Crippen LogP contribution is -2.22. The Balaban J connectivity index is 2.02. The first-order valence-corrected chi connectivity index (χ1v) is 7.20. The van der Waals surface area contributed by atoms with Crippen LogP contribution in [0.2, 0.25) is 0 Å². The minimum Gasteiger partial charge on any atom is -0.370 e. The van der Waals surface area contributed by atoms with Gasteiger partial charge in [0, 0.05) is 30.4 Å². The second-order valence-electron chi connectivity index (χ2n) is 5.53. The van der Waals surface area contributed by atoms with Gasteiger partial charge in [0.25, 0.3) is 0 Å². The summed E-state index contributed by atoms with van der Waals surface area (Å²) in [4.78, 5) is 2.29. The summed E-state index contributed by atoms with van der Waals surface area (Å²) in [6.07, 6.45) is 0. The van der Waals surface area contributed by atoms with Crippen LogP contribution in [0.25, 0.3) is 16.9 Å². The van der Waals surface area contributed by atoms with Crippen molar-refractivity contribution in [2.24, 2.45) is 0 Å². The third kappa shape index (κ3) is 1.77. The fourth-order valence-corrected chi connectivity index (χ4v) is 3.11. The number of nitrogens with zero attached hydrogens (tertiary/aromatic N) is 3. The van der Waals surface area contributed by atoms with Crippen LogP contribution in [0.15, 0.2) is 54.6 Å². The summed E-state index contributed by atoms with van der Waals surface area (Å²) in [7, 11) is 2.14. The van der Waals surface area contributed by atoms with Gasteiger partial charge < -0.3 is 4.90 Å². The summed E-state index contributed by atoms with van der Waals surface area (Å²) < 4.78 is 2.08. The van der Waals surface area contributed by atoms with E-state index in [9.17, 15) is 0 Å². The number of fused-ring (bicyclic) bond motifs is 3. The summed E-state index contributed by atoms with van der Waals surface area (Å²) >= 11 is 0. The molecule has 0 fully saturated rings. The number of hydrogen-bond acceptors (Lipinski definition) is 2. The van der Waals surface area contributed by atoms with E-state index >= 15 is 0 Å². The number of benzene rings is 2. The summed E-state index contributed by atoms with van der Waals surface area (Å²) in [5, 5.41) is 4.79. The molecule has 0 N–H and O–H groups in total. The maximum absolute atomic E-state index is 4.79. The van der Waals surface area contributed by atoms with Gasteiger partial charge >= 0.3 is 0 Å².